The zero-order valence-corrected chi connectivity index (χ0v) is 64.7. The van der Waals surface area contributed by atoms with Crippen molar-refractivity contribution in [3.63, 3.8) is 0 Å². The molecule has 564 valence electrons. The number of quaternary nitrogens is 1. The molecule has 0 amide bonds. The molecule has 0 heterocycles. The minimum absolute atomic E-state index is 0.180. The third-order valence-electron chi connectivity index (χ3n) is 18.6. The summed E-state index contributed by atoms with van der Waals surface area (Å²) < 4.78 is 23.1. The van der Waals surface area contributed by atoms with E-state index in [2.05, 4.69) is 98.9 Å². The molecule has 0 aliphatic rings. The first-order valence-electron chi connectivity index (χ1n) is 41.8. The lowest BCUT2D eigenvalue weighted by molar-refractivity contribution is -0.870. The van der Waals surface area contributed by atoms with Gasteiger partial charge in [-0.05, 0) is 89.9 Å². The fraction of sp³-hybridized carbons (Fsp3) is 0.807. The average molecular weight is 1360 g/mol. The molecule has 2 unspecified atom stereocenters. The van der Waals surface area contributed by atoms with Gasteiger partial charge < -0.3 is 28.5 Å². The van der Waals surface area contributed by atoms with Crippen LogP contribution in [0, 0.1) is 0 Å². The maximum atomic E-state index is 13.0. The number of allylic oxidation sites excluding steroid dienone is 14. The van der Waals surface area contributed by atoms with E-state index in [0.717, 1.165) is 77.0 Å². The third kappa shape index (κ3) is 79.7. The van der Waals surface area contributed by atoms with Crippen LogP contribution in [0.3, 0.4) is 0 Å². The van der Waals surface area contributed by atoms with E-state index >= 15 is 0 Å². The van der Waals surface area contributed by atoms with Crippen LogP contribution in [0.15, 0.2) is 85.1 Å². The molecule has 0 rings (SSSR count). The molecule has 0 radical (unpaired) electrons. The number of hydrogen-bond acceptors (Lipinski definition) is 7. The second-order valence-corrected chi connectivity index (χ2v) is 29.4. The van der Waals surface area contributed by atoms with Gasteiger partial charge in [-0.15, -0.1) is 0 Å². The SMILES string of the molecule is CC/C=C\C/C=C\C/C=C\C/C=C\C/C=C\CCCCCCCCCCCCCCCCCC(=O)OC(COC(=O)CCCCCCCCCCCCCCCCCCCCCCCCCCCCCCC/C=C\C/C=C\CCCCCCC)COC(OCC[N+](C)(C)C)C(=O)O. The Kier molecular flexibility index (Phi) is 75.3. The lowest BCUT2D eigenvalue weighted by Gasteiger charge is -2.25. The smallest absolute Gasteiger partial charge is 0.361 e. The first-order valence-corrected chi connectivity index (χ1v) is 41.8. The Hall–Kier alpha value is -3.53. The van der Waals surface area contributed by atoms with Crippen LogP contribution in [0.1, 0.15) is 399 Å². The molecule has 0 aromatic rings. The number of carboxylic acids is 1. The van der Waals surface area contributed by atoms with Gasteiger partial charge in [0.2, 0.25) is 0 Å². The Morgan fingerprint density at radius 1 is 0.320 bits per heavy atom. The molecule has 0 aliphatic heterocycles. The van der Waals surface area contributed by atoms with Gasteiger partial charge in [-0.25, -0.2) is 4.79 Å². The van der Waals surface area contributed by atoms with Gasteiger partial charge in [0.1, 0.15) is 13.2 Å². The highest BCUT2D eigenvalue weighted by Gasteiger charge is 2.25. The highest BCUT2D eigenvalue weighted by molar-refractivity contribution is 5.71. The van der Waals surface area contributed by atoms with E-state index in [0.29, 0.717) is 17.4 Å². The Balaban J connectivity index is 3.94. The van der Waals surface area contributed by atoms with Gasteiger partial charge in [-0.1, -0.05) is 381 Å². The van der Waals surface area contributed by atoms with Crippen molar-refractivity contribution in [2.24, 2.45) is 0 Å². The molecule has 0 fully saturated rings. The van der Waals surface area contributed by atoms with Crippen molar-refractivity contribution in [1.82, 2.24) is 0 Å². The number of hydrogen-bond donors (Lipinski definition) is 1. The number of ether oxygens (including phenoxy) is 4. The predicted molar refractivity (Wildman–Crippen MR) is 419 cm³/mol. The van der Waals surface area contributed by atoms with Crippen molar-refractivity contribution in [2.75, 3.05) is 47.5 Å². The van der Waals surface area contributed by atoms with Crippen molar-refractivity contribution in [3.8, 4) is 0 Å². The van der Waals surface area contributed by atoms with Crippen molar-refractivity contribution in [3.05, 3.63) is 85.1 Å². The monoisotopic (exact) mass is 1360 g/mol. The van der Waals surface area contributed by atoms with E-state index in [9.17, 15) is 19.5 Å². The number of unbranched alkanes of at least 4 members (excludes halogenated alkanes) is 49. The second kappa shape index (κ2) is 78.2. The summed E-state index contributed by atoms with van der Waals surface area (Å²) in [5.74, 6) is -1.98. The van der Waals surface area contributed by atoms with Gasteiger partial charge in [0.25, 0.3) is 6.29 Å². The summed E-state index contributed by atoms with van der Waals surface area (Å²) in [6.45, 7) is 4.81. The first kappa shape index (κ1) is 93.5. The van der Waals surface area contributed by atoms with Crippen LogP contribution in [0.2, 0.25) is 0 Å². The zero-order chi connectivity index (χ0) is 70.4. The molecular formula is C88H160NO8+. The number of aliphatic carboxylic acids is 1. The Bertz CT molecular complexity index is 1870. The highest BCUT2D eigenvalue weighted by Crippen LogP contribution is 2.20. The van der Waals surface area contributed by atoms with Crippen LogP contribution in [0.5, 0.6) is 0 Å². The maximum Gasteiger partial charge on any atom is 0.361 e. The lowest BCUT2D eigenvalue weighted by atomic mass is 10.0. The van der Waals surface area contributed by atoms with Gasteiger partial charge >= 0.3 is 17.9 Å². The van der Waals surface area contributed by atoms with Crippen LogP contribution in [0.4, 0.5) is 0 Å². The predicted octanol–water partition coefficient (Wildman–Crippen LogP) is 26.9. The van der Waals surface area contributed by atoms with Crippen molar-refractivity contribution >= 4 is 17.9 Å². The average Bonchev–Trinajstić information content (AvgIpc) is 2.39. The number of likely N-dealkylation sites (N-methyl/N-ethyl adjacent to an activating group) is 1. The van der Waals surface area contributed by atoms with Crippen LogP contribution >= 0.6 is 0 Å². The largest absolute Gasteiger partial charge is 0.477 e. The molecule has 2 atom stereocenters. The van der Waals surface area contributed by atoms with Crippen molar-refractivity contribution < 1.29 is 42.9 Å². The number of carbonyl (C=O) groups is 3. The molecule has 9 heteroatoms. The van der Waals surface area contributed by atoms with Crippen LogP contribution < -0.4 is 0 Å². The van der Waals surface area contributed by atoms with Gasteiger partial charge in [0, 0.05) is 12.8 Å². The molecule has 1 N–H and O–H groups in total. The quantitative estimate of drug-likeness (QED) is 0.0211. The maximum absolute atomic E-state index is 13.0. The molecule has 0 aromatic carbocycles. The Morgan fingerprint density at radius 2 is 0.588 bits per heavy atom. The molecule has 0 spiro atoms. The van der Waals surface area contributed by atoms with Gasteiger partial charge in [-0.3, -0.25) is 9.59 Å². The van der Waals surface area contributed by atoms with Crippen LogP contribution in [-0.2, 0) is 33.3 Å². The summed E-state index contributed by atoms with van der Waals surface area (Å²) in [4.78, 5) is 37.8. The van der Waals surface area contributed by atoms with E-state index in [1.807, 2.05) is 21.1 Å². The first-order chi connectivity index (χ1) is 47.6. The van der Waals surface area contributed by atoms with E-state index in [1.54, 1.807) is 0 Å². The summed E-state index contributed by atoms with van der Waals surface area (Å²) in [5.41, 5.74) is 0. The molecule has 0 saturated carbocycles. The summed E-state index contributed by atoms with van der Waals surface area (Å²) in [6, 6.07) is 0. The number of nitrogens with zero attached hydrogens (tertiary/aromatic N) is 1. The van der Waals surface area contributed by atoms with Gasteiger partial charge in [0.15, 0.2) is 6.10 Å². The Morgan fingerprint density at radius 3 is 0.876 bits per heavy atom. The van der Waals surface area contributed by atoms with E-state index in [1.165, 1.54) is 295 Å². The number of rotatable bonds is 78. The number of esters is 2. The Labute approximate surface area is 601 Å². The van der Waals surface area contributed by atoms with Gasteiger partial charge in [0.05, 0.1) is 34.4 Å². The third-order valence-corrected chi connectivity index (χ3v) is 18.6. The van der Waals surface area contributed by atoms with Crippen molar-refractivity contribution in [1.29, 1.82) is 0 Å². The van der Waals surface area contributed by atoms with E-state index in [-0.39, 0.29) is 38.2 Å². The second-order valence-electron chi connectivity index (χ2n) is 29.4. The van der Waals surface area contributed by atoms with E-state index in [4.69, 9.17) is 18.9 Å². The number of carboxylic acid groups (broad SMARTS) is 1. The molecule has 0 bridgehead atoms. The van der Waals surface area contributed by atoms with Gasteiger partial charge in [-0.2, -0.15) is 0 Å². The summed E-state index contributed by atoms with van der Waals surface area (Å²) >= 11 is 0. The molecular weight excluding hydrogens is 1200 g/mol. The van der Waals surface area contributed by atoms with Crippen LogP contribution in [0.25, 0.3) is 0 Å². The van der Waals surface area contributed by atoms with Crippen LogP contribution in [-0.4, -0.2) is 87.4 Å². The lowest BCUT2D eigenvalue weighted by Crippen LogP contribution is -2.40. The molecule has 0 aromatic heterocycles. The minimum Gasteiger partial charge on any atom is -0.477 e. The fourth-order valence-corrected chi connectivity index (χ4v) is 12.3. The summed E-state index contributed by atoms with van der Waals surface area (Å²) in [6.07, 6.45) is 105. The van der Waals surface area contributed by atoms with E-state index < -0.39 is 18.4 Å². The minimum atomic E-state index is -1.51. The fourth-order valence-electron chi connectivity index (χ4n) is 12.3. The van der Waals surface area contributed by atoms with Crippen molar-refractivity contribution in [2.45, 2.75) is 411 Å². The molecule has 0 aliphatic carbocycles. The number of carbonyl (C=O) groups excluding carboxylic acids is 2. The molecule has 0 saturated heterocycles. The summed E-state index contributed by atoms with van der Waals surface area (Å²) in [5, 5.41) is 9.78. The zero-order valence-electron chi connectivity index (χ0n) is 64.7. The standard InChI is InChI=1S/C88H159NO8/c1-6-8-10-12-14-16-18-20-22-24-26-28-30-32-34-36-38-39-40-41-42-43-44-45-46-47-49-50-52-54-56-58-60-62-64-66-68-70-72-74-76-78-85(90)95-82-84(83-96-88(87(92)93)94-81-80-89(3,4)5)97-86(91)79-77-75-73-71-69-67-65-63-61-59-57-55-53-51-48-37-35-33-31-29-27-25-23-21-19-17-15-13-11-9-7-2/h9,11,15,17-18,20-21,23-24,26-27,29,33,35,84,88H,6-8,10,12-14,16,19,22,25,28,30-32,34,36-83H2,1-5H3/p+1/b11-9-,17-15-,20-18-,23-21-,26-24-,29-27-,35-33-. The normalized spacial score (nSPS) is 13.0. The summed E-state index contributed by atoms with van der Waals surface area (Å²) in [7, 11) is 5.99. The topological polar surface area (TPSA) is 108 Å². The molecule has 97 heavy (non-hydrogen) atoms. The molecule has 9 nitrogen and oxygen atoms in total. The highest BCUT2D eigenvalue weighted by atomic mass is 16.7.